The lowest BCUT2D eigenvalue weighted by atomic mass is 10.0. The molecular weight excluding hydrogens is 288 g/mol. The first kappa shape index (κ1) is 16.0. The summed E-state index contributed by atoms with van der Waals surface area (Å²) in [6.07, 6.45) is 8.70. The van der Waals surface area contributed by atoms with Gasteiger partial charge in [0.05, 0.1) is 0 Å². The van der Waals surface area contributed by atoms with Gasteiger partial charge < -0.3 is 0 Å². The third-order valence-corrected chi connectivity index (χ3v) is 4.19. The van der Waals surface area contributed by atoms with Crippen LogP contribution in [-0.4, -0.2) is 0 Å². The highest BCUT2D eigenvalue weighted by atomic mass is 14.0. The third-order valence-electron chi connectivity index (χ3n) is 4.19. The number of hydrogen-bond donors (Lipinski definition) is 0. The predicted molar refractivity (Wildman–Crippen MR) is 107 cm³/mol. The zero-order chi connectivity index (χ0) is 16.8. The van der Waals surface area contributed by atoms with Crippen molar-refractivity contribution in [1.29, 1.82) is 0 Å². The summed E-state index contributed by atoms with van der Waals surface area (Å²) in [6.45, 7) is 4.30. The monoisotopic (exact) mass is 310 g/mol. The van der Waals surface area contributed by atoms with E-state index in [0.29, 0.717) is 0 Å². The zero-order valence-electron chi connectivity index (χ0n) is 14.2. The van der Waals surface area contributed by atoms with Gasteiger partial charge in [-0.1, -0.05) is 97.1 Å². The molecule has 0 heteroatoms. The van der Waals surface area contributed by atoms with Gasteiger partial charge >= 0.3 is 0 Å². The summed E-state index contributed by atoms with van der Waals surface area (Å²) >= 11 is 0. The standard InChI is InChI=1S/C24H22/c1-19-8-6-7-11-23(19)16-13-22-14-17-24(20(2)18-22)15-12-21-9-4-3-5-10-21/h3-18H,1-2H3/b15-12+,16-13+. The van der Waals surface area contributed by atoms with E-state index in [1.54, 1.807) is 0 Å². The predicted octanol–water partition coefficient (Wildman–Crippen LogP) is 6.64. The first-order valence-corrected chi connectivity index (χ1v) is 8.30. The van der Waals surface area contributed by atoms with Crippen LogP contribution in [-0.2, 0) is 0 Å². The molecule has 118 valence electrons. The average molecular weight is 310 g/mol. The summed E-state index contributed by atoms with van der Waals surface area (Å²) in [5.41, 5.74) is 7.56. The Morgan fingerprint density at radius 3 is 1.83 bits per heavy atom. The Labute approximate surface area is 144 Å². The summed E-state index contributed by atoms with van der Waals surface area (Å²) in [7, 11) is 0. The fraction of sp³-hybridized carbons (Fsp3) is 0.0833. The Kier molecular flexibility index (Phi) is 5.08. The quantitative estimate of drug-likeness (QED) is 0.473. The van der Waals surface area contributed by atoms with Crippen molar-refractivity contribution >= 4 is 24.3 Å². The van der Waals surface area contributed by atoms with Gasteiger partial charge in [-0.15, -0.1) is 0 Å². The van der Waals surface area contributed by atoms with Crippen LogP contribution < -0.4 is 0 Å². The molecule has 0 amide bonds. The zero-order valence-corrected chi connectivity index (χ0v) is 14.2. The smallest absolute Gasteiger partial charge is 0.0227 e. The van der Waals surface area contributed by atoms with Gasteiger partial charge in [0.15, 0.2) is 0 Å². The molecule has 0 nitrogen and oxygen atoms in total. The summed E-state index contributed by atoms with van der Waals surface area (Å²) in [6, 6.07) is 25.4. The molecule has 0 atom stereocenters. The van der Waals surface area contributed by atoms with Crippen LogP contribution in [0.1, 0.15) is 33.4 Å². The van der Waals surface area contributed by atoms with Gasteiger partial charge in [0.2, 0.25) is 0 Å². The largest absolute Gasteiger partial charge is 0.0622 e. The fourth-order valence-corrected chi connectivity index (χ4v) is 2.70. The Bertz CT molecular complexity index is 868. The van der Waals surface area contributed by atoms with Gasteiger partial charge in [0.1, 0.15) is 0 Å². The molecule has 0 aliphatic rings. The maximum Gasteiger partial charge on any atom is -0.0227 e. The van der Waals surface area contributed by atoms with Crippen LogP contribution in [0.4, 0.5) is 0 Å². The van der Waals surface area contributed by atoms with Gasteiger partial charge in [0.25, 0.3) is 0 Å². The van der Waals surface area contributed by atoms with Crippen molar-refractivity contribution in [2.45, 2.75) is 13.8 Å². The lowest BCUT2D eigenvalue weighted by Crippen LogP contribution is -1.83. The first-order valence-electron chi connectivity index (χ1n) is 8.30. The van der Waals surface area contributed by atoms with E-state index in [1.807, 2.05) is 6.07 Å². The molecule has 0 N–H and O–H groups in total. The summed E-state index contributed by atoms with van der Waals surface area (Å²) < 4.78 is 0. The fourth-order valence-electron chi connectivity index (χ4n) is 2.70. The van der Waals surface area contributed by atoms with Gasteiger partial charge in [-0.3, -0.25) is 0 Å². The minimum absolute atomic E-state index is 1.22. The van der Waals surface area contributed by atoms with Crippen molar-refractivity contribution < 1.29 is 0 Å². The normalized spacial score (nSPS) is 11.4. The van der Waals surface area contributed by atoms with Crippen LogP contribution in [0, 0.1) is 13.8 Å². The second-order valence-electron chi connectivity index (χ2n) is 6.05. The van der Waals surface area contributed by atoms with Crippen LogP contribution in [0.15, 0.2) is 72.8 Å². The van der Waals surface area contributed by atoms with Crippen LogP contribution >= 0.6 is 0 Å². The van der Waals surface area contributed by atoms with Crippen molar-refractivity contribution in [3.63, 3.8) is 0 Å². The molecule has 0 unspecified atom stereocenters. The van der Waals surface area contributed by atoms with E-state index in [1.165, 1.54) is 33.4 Å². The van der Waals surface area contributed by atoms with Crippen LogP contribution in [0.3, 0.4) is 0 Å². The van der Waals surface area contributed by atoms with E-state index < -0.39 is 0 Å². The number of rotatable bonds is 4. The highest BCUT2D eigenvalue weighted by Gasteiger charge is 1.97. The molecule has 0 aliphatic carbocycles. The summed E-state index contributed by atoms with van der Waals surface area (Å²) in [5.74, 6) is 0. The van der Waals surface area contributed by atoms with Crippen LogP contribution in [0.2, 0.25) is 0 Å². The minimum Gasteiger partial charge on any atom is -0.0622 e. The first-order chi connectivity index (χ1) is 11.7. The molecular formula is C24H22. The van der Waals surface area contributed by atoms with Crippen molar-refractivity contribution in [3.8, 4) is 0 Å². The highest BCUT2D eigenvalue weighted by molar-refractivity contribution is 5.75. The van der Waals surface area contributed by atoms with E-state index in [4.69, 9.17) is 0 Å². The topological polar surface area (TPSA) is 0 Å². The molecule has 0 bridgehead atoms. The summed E-state index contributed by atoms with van der Waals surface area (Å²) in [4.78, 5) is 0. The molecule has 24 heavy (non-hydrogen) atoms. The highest BCUT2D eigenvalue weighted by Crippen LogP contribution is 2.17. The molecule has 3 aromatic carbocycles. The van der Waals surface area contributed by atoms with Crippen LogP contribution in [0.25, 0.3) is 24.3 Å². The van der Waals surface area contributed by atoms with E-state index in [0.717, 1.165) is 0 Å². The molecule has 0 aromatic heterocycles. The Balaban J connectivity index is 1.78. The third kappa shape index (κ3) is 4.11. The summed E-state index contributed by atoms with van der Waals surface area (Å²) in [5, 5.41) is 0. The van der Waals surface area contributed by atoms with Gasteiger partial charge in [0, 0.05) is 0 Å². The molecule has 3 aromatic rings. The Hall–Kier alpha value is -2.86. The SMILES string of the molecule is Cc1ccccc1/C=C/c1ccc(/C=C/c2ccccc2)c(C)c1. The van der Waals surface area contributed by atoms with Crippen LogP contribution in [0.5, 0.6) is 0 Å². The van der Waals surface area contributed by atoms with E-state index in [-0.39, 0.29) is 0 Å². The van der Waals surface area contributed by atoms with Gasteiger partial charge in [-0.05, 0) is 47.2 Å². The van der Waals surface area contributed by atoms with Crippen molar-refractivity contribution in [1.82, 2.24) is 0 Å². The molecule has 0 heterocycles. The maximum absolute atomic E-state index is 2.24. The number of benzene rings is 3. The van der Waals surface area contributed by atoms with E-state index in [2.05, 4.69) is 105 Å². The number of aryl methyl sites for hydroxylation is 2. The molecule has 0 spiro atoms. The lowest BCUT2D eigenvalue weighted by molar-refractivity contribution is 1.43. The molecule has 3 rings (SSSR count). The average Bonchev–Trinajstić information content (AvgIpc) is 2.61. The molecule has 0 fully saturated rings. The molecule has 0 saturated heterocycles. The molecule has 0 aliphatic heterocycles. The van der Waals surface area contributed by atoms with Gasteiger partial charge in [-0.25, -0.2) is 0 Å². The lowest BCUT2D eigenvalue weighted by Gasteiger charge is -2.03. The van der Waals surface area contributed by atoms with Crippen molar-refractivity contribution in [2.24, 2.45) is 0 Å². The minimum atomic E-state index is 1.22. The van der Waals surface area contributed by atoms with Crippen molar-refractivity contribution in [2.75, 3.05) is 0 Å². The maximum atomic E-state index is 2.24. The second-order valence-corrected chi connectivity index (χ2v) is 6.05. The second kappa shape index (κ2) is 7.61. The van der Waals surface area contributed by atoms with E-state index >= 15 is 0 Å². The Morgan fingerprint density at radius 2 is 1.12 bits per heavy atom. The van der Waals surface area contributed by atoms with E-state index in [9.17, 15) is 0 Å². The van der Waals surface area contributed by atoms with Crippen molar-refractivity contribution in [3.05, 3.63) is 106 Å². The number of hydrogen-bond acceptors (Lipinski definition) is 0. The Morgan fingerprint density at radius 1 is 0.500 bits per heavy atom. The molecule has 0 radical (unpaired) electrons. The molecule has 0 saturated carbocycles. The van der Waals surface area contributed by atoms with Gasteiger partial charge in [-0.2, -0.15) is 0 Å².